The van der Waals surface area contributed by atoms with Crippen LogP contribution in [-0.4, -0.2) is 26.3 Å². The van der Waals surface area contributed by atoms with E-state index in [2.05, 4.69) is 9.97 Å². The second-order valence-corrected chi connectivity index (χ2v) is 3.56. The predicted octanol–water partition coefficient (Wildman–Crippen LogP) is 1.35. The summed E-state index contributed by atoms with van der Waals surface area (Å²) in [7, 11) is 0. The molecule has 2 unspecified atom stereocenters. The van der Waals surface area contributed by atoms with Crippen molar-refractivity contribution in [1.82, 2.24) is 9.97 Å². The Hall–Kier alpha value is -0.640. The van der Waals surface area contributed by atoms with Crippen LogP contribution in [0.3, 0.4) is 0 Å². The van der Waals surface area contributed by atoms with Crippen LogP contribution >= 0.6 is 34.8 Å². The lowest BCUT2D eigenvalue weighted by Crippen LogP contribution is -2.17. The summed E-state index contributed by atoms with van der Waals surface area (Å²) >= 11 is 16.7. The standard InChI is InChI=1S/C7H4Cl3N3O2/c8-5-3(4(15)2(14)1-11)6(9)13-7(10)12-5/h2,4,14-15H. The number of rotatable bonds is 2. The van der Waals surface area contributed by atoms with Crippen molar-refractivity contribution in [3.8, 4) is 6.07 Å². The predicted molar refractivity (Wildman–Crippen MR) is 53.6 cm³/mol. The van der Waals surface area contributed by atoms with Crippen molar-refractivity contribution in [3.63, 3.8) is 0 Å². The van der Waals surface area contributed by atoms with E-state index in [1.54, 1.807) is 0 Å². The highest BCUT2D eigenvalue weighted by atomic mass is 35.5. The van der Waals surface area contributed by atoms with Crippen molar-refractivity contribution in [2.45, 2.75) is 12.2 Å². The zero-order chi connectivity index (χ0) is 11.6. The van der Waals surface area contributed by atoms with Crippen LogP contribution in [0.2, 0.25) is 15.6 Å². The third-order valence-corrected chi connectivity index (χ3v) is 2.30. The molecule has 0 aliphatic heterocycles. The van der Waals surface area contributed by atoms with E-state index in [-0.39, 0.29) is 21.2 Å². The average molecular weight is 268 g/mol. The molecule has 0 amide bonds. The summed E-state index contributed by atoms with van der Waals surface area (Å²) in [6.07, 6.45) is -3.24. The summed E-state index contributed by atoms with van der Waals surface area (Å²) in [4.78, 5) is 7.05. The van der Waals surface area contributed by atoms with E-state index in [4.69, 9.17) is 45.2 Å². The van der Waals surface area contributed by atoms with Crippen molar-refractivity contribution in [1.29, 1.82) is 5.26 Å². The second kappa shape index (κ2) is 4.92. The number of halogens is 3. The summed E-state index contributed by atoms with van der Waals surface area (Å²) in [5.41, 5.74) is -0.128. The Bertz CT molecular complexity index is 397. The lowest BCUT2D eigenvalue weighted by Gasteiger charge is -2.13. The monoisotopic (exact) mass is 267 g/mol. The molecule has 0 saturated heterocycles. The van der Waals surface area contributed by atoms with Gasteiger partial charge in [0.05, 0.1) is 11.6 Å². The van der Waals surface area contributed by atoms with Gasteiger partial charge in [0.25, 0.3) is 0 Å². The van der Waals surface area contributed by atoms with Crippen LogP contribution in [-0.2, 0) is 0 Å². The molecule has 8 heteroatoms. The maximum atomic E-state index is 9.48. The Morgan fingerprint density at radius 2 is 1.60 bits per heavy atom. The Morgan fingerprint density at radius 3 is 2.00 bits per heavy atom. The Balaban J connectivity index is 3.21. The van der Waals surface area contributed by atoms with Gasteiger partial charge in [-0.2, -0.15) is 5.26 Å². The Kier molecular flexibility index (Phi) is 4.08. The molecule has 0 radical (unpaired) electrons. The van der Waals surface area contributed by atoms with E-state index in [1.165, 1.54) is 6.07 Å². The summed E-state index contributed by atoms with van der Waals surface area (Å²) < 4.78 is 0. The lowest BCUT2D eigenvalue weighted by atomic mass is 10.1. The minimum atomic E-state index is -1.66. The molecule has 80 valence electrons. The molecule has 0 spiro atoms. The van der Waals surface area contributed by atoms with Crippen molar-refractivity contribution in [2.75, 3.05) is 0 Å². The van der Waals surface area contributed by atoms with Gasteiger partial charge < -0.3 is 10.2 Å². The zero-order valence-corrected chi connectivity index (χ0v) is 9.29. The maximum absolute atomic E-state index is 9.48. The largest absolute Gasteiger partial charge is 0.384 e. The molecule has 2 atom stereocenters. The van der Waals surface area contributed by atoms with Crippen LogP contribution in [0, 0.1) is 11.3 Å². The van der Waals surface area contributed by atoms with Gasteiger partial charge in [-0.05, 0) is 11.6 Å². The van der Waals surface area contributed by atoms with Gasteiger partial charge in [0.1, 0.15) is 16.4 Å². The zero-order valence-electron chi connectivity index (χ0n) is 7.02. The molecule has 2 N–H and O–H groups in total. The third kappa shape index (κ3) is 2.68. The molecular weight excluding hydrogens is 264 g/mol. The molecule has 0 aromatic carbocycles. The first-order valence-corrected chi connectivity index (χ1v) is 4.75. The van der Waals surface area contributed by atoms with Crippen LogP contribution in [0.4, 0.5) is 0 Å². The molecule has 0 saturated carbocycles. The van der Waals surface area contributed by atoms with Crippen molar-refractivity contribution < 1.29 is 10.2 Å². The van der Waals surface area contributed by atoms with Gasteiger partial charge >= 0.3 is 0 Å². The molecule has 1 rings (SSSR count). The maximum Gasteiger partial charge on any atom is 0.225 e. The molecule has 1 aromatic heterocycles. The van der Waals surface area contributed by atoms with E-state index in [0.717, 1.165) is 0 Å². The van der Waals surface area contributed by atoms with Gasteiger partial charge in [0.15, 0.2) is 6.10 Å². The molecule has 5 nitrogen and oxygen atoms in total. The average Bonchev–Trinajstić information content (AvgIpc) is 2.14. The number of nitrogens with zero attached hydrogens (tertiary/aromatic N) is 3. The summed E-state index contributed by atoms with van der Waals surface area (Å²) in [5, 5.41) is 26.3. The molecular formula is C7H4Cl3N3O2. The Morgan fingerprint density at radius 1 is 1.13 bits per heavy atom. The van der Waals surface area contributed by atoms with E-state index in [0.29, 0.717) is 0 Å². The molecule has 0 aliphatic rings. The molecule has 0 fully saturated rings. The van der Waals surface area contributed by atoms with Gasteiger partial charge in [-0.25, -0.2) is 9.97 Å². The first kappa shape index (κ1) is 12.4. The number of aromatic nitrogens is 2. The Labute approximate surface area is 99.9 Å². The topological polar surface area (TPSA) is 90.0 Å². The van der Waals surface area contributed by atoms with Gasteiger partial charge in [0, 0.05) is 0 Å². The van der Waals surface area contributed by atoms with Gasteiger partial charge in [-0.1, -0.05) is 23.2 Å². The highest BCUT2D eigenvalue weighted by molar-refractivity contribution is 6.36. The van der Waals surface area contributed by atoms with Crippen LogP contribution < -0.4 is 0 Å². The highest BCUT2D eigenvalue weighted by Crippen LogP contribution is 2.30. The van der Waals surface area contributed by atoms with Crippen molar-refractivity contribution >= 4 is 34.8 Å². The van der Waals surface area contributed by atoms with Crippen LogP contribution in [0.1, 0.15) is 11.7 Å². The van der Waals surface area contributed by atoms with E-state index in [1.807, 2.05) is 0 Å². The SMILES string of the molecule is N#CC(O)C(O)c1c(Cl)nc(Cl)nc1Cl. The number of nitriles is 1. The van der Waals surface area contributed by atoms with E-state index < -0.39 is 12.2 Å². The number of aliphatic hydroxyl groups is 2. The highest BCUT2D eigenvalue weighted by Gasteiger charge is 2.25. The molecule has 0 bridgehead atoms. The normalized spacial score (nSPS) is 14.4. The fourth-order valence-corrected chi connectivity index (χ4v) is 1.73. The lowest BCUT2D eigenvalue weighted by molar-refractivity contribution is 0.0524. The third-order valence-electron chi connectivity index (χ3n) is 1.55. The minimum absolute atomic E-state index is 0.128. The van der Waals surface area contributed by atoms with Gasteiger partial charge in [-0.3, -0.25) is 0 Å². The summed E-state index contributed by atoms with van der Waals surface area (Å²) in [5.74, 6) is 0. The van der Waals surface area contributed by atoms with Crippen LogP contribution in [0.25, 0.3) is 0 Å². The number of aliphatic hydroxyl groups excluding tert-OH is 2. The summed E-state index contributed by atoms with van der Waals surface area (Å²) in [6, 6.07) is 1.43. The number of hydrogen-bond donors (Lipinski definition) is 2. The first-order chi connectivity index (χ1) is 6.97. The van der Waals surface area contributed by atoms with Crippen molar-refractivity contribution in [2.24, 2.45) is 0 Å². The smallest absolute Gasteiger partial charge is 0.225 e. The van der Waals surface area contributed by atoms with Crippen LogP contribution in [0.5, 0.6) is 0 Å². The summed E-state index contributed by atoms with van der Waals surface area (Å²) in [6.45, 7) is 0. The van der Waals surface area contributed by atoms with Gasteiger partial charge in [-0.15, -0.1) is 0 Å². The van der Waals surface area contributed by atoms with Gasteiger partial charge in [0.2, 0.25) is 5.28 Å². The number of hydrogen-bond acceptors (Lipinski definition) is 5. The molecule has 1 aromatic rings. The van der Waals surface area contributed by atoms with E-state index in [9.17, 15) is 5.11 Å². The molecule has 15 heavy (non-hydrogen) atoms. The fourth-order valence-electron chi connectivity index (χ4n) is 0.865. The first-order valence-electron chi connectivity index (χ1n) is 3.61. The minimum Gasteiger partial charge on any atom is -0.384 e. The van der Waals surface area contributed by atoms with Crippen molar-refractivity contribution in [3.05, 3.63) is 21.2 Å². The van der Waals surface area contributed by atoms with Crippen LogP contribution in [0.15, 0.2) is 0 Å². The molecule has 0 aliphatic carbocycles. The fraction of sp³-hybridized carbons (Fsp3) is 0.286. The molecule has 1 heterocycles. The second-order valence-electron chi connectivity index (χ2n) is 2.51. The quantitative estimate of drug-likeness (QED) is 0.480. The van der Waals surface area contributed by atoms with E-state index >= 15 is 0 Å².